The van der Waals surface area contributed by atoms with Crippen LogP contribution < -0.4 is 20.1 Å². The third-order valence-corrected chi connectivity index (χ3v) is 5.46. The summed E-state index contributed by atoms with van der Waals surface area (Å²) in [6, 6.07) is 21.9. The van der Waals surface area contributed by atoms with Crippen LogP contribution in [0.1, 0.15) is 30.5 Å². The summed E-state index contributed by atoms with van der Waals surface area (Å²) in [6.45, 7) is 5.73. The number of amides is 1. The minimum absolute atomic E-state index is 0.165. The van der Waals surface area contributed by atoms with Gasteiger partial charge in [0.05, 0.1) is 30.2 Å². The van der Waals surface area contributed by atoms with E-state index in [1.165, 1.54) is 5.56 Å². The Kier molecular flexibility index (Phi) is 7.18. The number of rotatable bonds is 9. The highest BCUT2D eigenvalue weighted by Crippen LogP contribution is 2.43. The Hall–Kier alpha value is -3.77. The molecule has 0 aliphatic carbocycles. The maximum Gasteiger partial charge on any atom is 0.258 e. The largest absolute Gasteiger partial charge is 0.490 e. The molecule has 1 aliphatic heterocycles. The second kappa shape index (κ2) is 10.4. The number of nitrogens with zero attached hydrogens (tertiary/aromatic N) is 1. The van der Waals surface area contributed by atoms with Crippen LogP contribution in [-0.4, -0.2) is 38.1 Å². The number of carbonyl (C=O) groups is 1. The molecule has 0 aromatic heterocycles. The molecule has 1 amide bonds. The minimum atomic E-state index is -0.165. The second-order valence-corrected chi connectivity index (χ2v) is 8.34. The Morgan fingerprint density at radius 2 is 1.56 bits per heavy atom. The average molecular weight is 458 g/mol. The highest BCUT2D eigenvalue weighted by Gasteiger charge is 2.30. The summed E-state index contributed by atoms with van der Waals surface area (Å²) in [6.07, 6.45) is 0. The van der Waals surface area contributed by atoms with Crippen molar-refractivity contribution in [3.05, 3.63) is 83.4 Å². The zero-order valence-electron chi connectivity index (χ0n) is 20.1. The third-order valence-electron chi connectivity index (χ3n) is 5.46. The first kappa shape index (κ1) is 23.4. The molecule has 3 aromatic rings. The molecule has 0 saturated carbocycles. The predicted molar refractivity (Wildman–Crippen MR) is 138 cm³/mol. The number of fused-ring (bicyclic) bond motifs is 1. The number of hydrogen-bond acceptors (Lipinski definition) is 5. The summed E-state index contributed by atoms with van der Waals surface area (Å²) in [5.41, 5.74) is 5.86. The lowest BCUT2D eigenvalue weighted by atomic mass is 9.99. The topological polar surface area (TPSA) is 62.8 Å². The van der Waals surface area contributed by atoms with E-state index in [1.54, 1.807) is 0 Å². The van der Waals surface area contributed by atoms with Crippen LogP contribution in [0.3, 0.4) is 0 Å². The number of hydrogen-bond donors (Lipinski definition) is 2. The fourth-order valence-corrected chi connectivity index (χ4v) is 4.05. The molecule has 1 aliphatic rings. The molecule has 3 aromatic carbocycles. The van der Waals surface area contributed by atoms with Gasteiger partial charge in [0.1, 0.15) is 0 Å². The maximum atomic E-state index is 13.3. The van der Waals surface area contributed by atoms with Crippen molar-refractivity contribution in [2.75, 3.05) is 37.9 Å². The van der Waals surface area contributed by atoms with Gasteiger partial charge in [-0.05, 0) is 57.3 Å². The first-order valence-corrected chi connectivity index (χ1v) is 11.6. The van der Waals surface area contributed by atoms with Gasteiger partial charge in [0.25, 0.3) is 5.91 Å². The number of carbonyl (C=O) groups excluding carboxylic acids is 1. The van der Waals surface area contributed by atoms with E-state index < -0.39 is 0 Å². The van der Waals surface area contributed by atoms with Gasteiger partial charge in [-0.1, -0.05) is 42.5 Å². The molecular weight excluding hydrogens is 426 g/mol. The van der Waals surface area contributed by atoms with Crippen molar-refractivity contribution in [2.45, 2.75) is 20.4 Å². The van der Waals surface area contributed by atoms with Gasteiger partial charge in [-0.15, -0.1) is 0 Å². The molecule has 1 heterocycles. The Morgan fingerprint density at radius 1 is 0.912 bits per heavy atom. The molecule has 0 radical (unpaired) electrons. The Labute approximate surface area is 201 Å². The second-order valence-electron chi connectivity index (χ2n) is 8.34. The summed E-state index contributed by atoms with van der Waals surface area (Å²) in [7, 11) is 4.10. The van der Waals surface area contributed by atoms with Crippen LogP contribution in [0.5, 0.6) is 11.5 Å². The molecule has 2 N–H and O–H groups in total. The quantitative estimate of drug-likeness (QED) is 0.417. The fourth-order valence-electron chi connectivity index (χ4n) is 4.05. The summed E-state index contributed by atoms with van der Waals surface area (Å²) in [5.74, 6) is 1.08. The molecule has 6 nitrogen and oxygen atoms in total. The average Bonchev–Trinajstić information content (AvgIpc) is 3.14. The lowest BCUT2D eigenvalue weighted by Crippen LogP contribution is -2.11. The van der Waals surface area contributed by atoms with Gasteiger partial charge < -0.3 is 25.0 Å². The lowest BCUT2D eigenvalue weighted by Gasteiger charge is -2.17. The molecule has 4 rings (SSSR count). The van der Waals surface area contributed by atoms with Crippen LogP contribution in [-0.2, 0) is 11.3 Å². The molecule has 0 fully saturated rings. The van der Waals surface area contributed by atoms with E-state index in [1.807, 2.05) is 82.5 Å². The molecule has 0 saturated heterocycles. The van der Waals surface area contributed by atoms with Crippen molar-refractivity contribution in [1.29, 1.82) is 0 Å². The van der Waals surface area contributed by atoms with Gasteiger partial charge in [-0.3, -0.25) is 4.79 Å². The van der Waals surface area contributed by atoms with Crippen molar-refractivity contribution in [3.8, 4) is 11.5 Å². The van der Waals surface area contributed by atoms with Crippen LogP contribution >= 0.6 is 0 Å². The molecule has 0 spiro atoms. The van der Waals surface area contributed by atoms with Gasteiger partial charge in [-0.2, -0.15) is 0 Å². The predicted octanol–water partition coefficient (Wildman–Crippen LogP) is 5.48. The summed E-state index contributed by atoms with van der Waals surface area (Å²) in [4.78, 5) is 15.4. The van der Waals surface area contributed by atoms with Crippen LogP contribution in [0.25, 0.3) is 11.3 Å². The smallest absolute Gasteiger partial charge is 0.258 e. The van der Waals surface area contributed by atoms with Gasteiger partial charge in [0, 0.05) is 23.9 Å². The Morgan fingerprint density at radius 3 is 2.18 bits per heavy atom. The normalized spacial score (nSPS) is 14.0. The molecule has 176 valence electrons. The van der Waals surface area contributed by atoms with Crippen LogP contribution in [0.2, 0.25) is 0 Å². The van der Waals surface area contributed by atoms with Crippen LogP contribution in [0, 0.1) is 0 Å². The molecular formula is C28H31N3O3. The first-order valence-electron chi connectivity index (χ1n) is 11.6. The van der Waals surface area contributed by atoms with Crippen molar-refractivity contribution < 1.29 is 14.3 Å². The fraction of sp³-hybridized carbons (Fsp3) is 0.250. The van der Waals surface area contributed by atoms with E-state index in [-0.39, 0.29) is 5.91 Å². The van der Waals surface area contributed by atoms with Crippen LogP contribution in [0.4, 0.5) is 11.4 Å². The summed E-state index contributed by atoms with van der Waals surface area (Å²) >= 11 is 0. The highest BCUT2D eigenvalue weighted by molar-refractivity contribution is 6.37. The SMILES string of the molecule is CCOc1cc2c(cc1OCC)/C(=C(/Nc1ccc(CN(C)C)cc1)c1ccccc1)C(=O)N2. The van der Waals surface area contributed by atoms with Crippen molar-refractivity contribution in [1.82, 2.24) is 4.90 Å². The third kappa shape index (κ3) is 5.07. The monoisotopic (exact) mass is 457 g/mol. The number of ether oxygens (including phenoxy) is 2. The molecule has 0 atom stereocenters. The van der Waals surface area contributed by atoms with E-state index in [9.17, 15) is 4.79 Å². The zero-order valence-corrected chi connectivity index (χ0v) is 20.1. The molecule has 34 heavy (non-hydrogen) atoms. The van der Waals surface area contributed by atoms with Gasteiger partial charge >= 0.3 is 0 Å². The Balaban J connectivity index is 1.82. The summed E-state index contributed by atoms with van der Waals surface area (Å²) in [5, 5.41) is 6.52. The number of benzene rings is 3. The van der Waals surface area contributed by atoms with E-state index in [2.05, 4.69) is 27.7 Å². The molecule has 0 unspecified atom stereocenters. The van der Waals surface area contributed by atoms with Gasteiger partial charge in [0.15, 0.2) is 11.5 Å². The highest BCUT2D eigenvalue weighted by atomic mass is 16.5. The lowest BCUT2D eigenvalue weighted by molar-refractivity contribution is -0.110. The van der Waals surface area contributed by atoms with Gasteiger partial charge in [0.2, 0.25) is 0 Å². The molecule has 0 bridgehead atoms. The Bertz CT molecular complexity index is 1190. The van der Waals surface area contributed by atoms with Crippen molar-refractivity contribution in [3.63, 3.8) is 0 Å². The van der Waals surface area contributed by atoms with Crippen molar-refractivity contribution in [2.24, 2.45) is 0 Å². The summed E-state index contributed by atoms with van der Waals surface area (Å²) < 4.78 is 11.6. The standard InChI is InChI=1S/C28H31N3O3/c1-5-33-24-16-22-23(17-25(24)34-6-2)30-28(32)26(22)27(20-10-8-7-9-11-20)29-21-14-12-19(13-15-21)18-31(3)4/h7-17,29H,5-6,18H2,1-4H3,(H,30,32)/b27-26-. The van der Waals surface area contributed by atoms with E-state index in [0.717, 1.165) is 29.1 Å². The van der Waals surface area contributed by atoms with Crippen LogP contribution in [0.15, 0.2) is 66.7 Å². The van der Waals surface area contributed by atoms with E-state index >= 15 is 0 Å². The number of anilines is 2. The van der Waals surface area contributed by atoms with Crippen molar-refractivity contribution >= 4 is 28.6 Å². The van der Waals surface area contributed by atoms with Gasteiger partial charge in [-0.25, -0.2) is 0 Å². The first-order chi connectivity index (χ1) is 16.5. The number of nitrogens with one attached hydrogen (secondary N) is 2. The minimum Gasteiger partial charge on any atom is -0.490 e. The van der Waals surface area contributed by atoms with E-state index in [0.29, 0.717) is 36.0 Å². The zero-order chi connectivity index (χ0) is 24.1. The maximum absolute atomic E-state index is 13.3. The van der Waals surface area contributed by atoms with E-state index in [4.69, 9.17) is 9.47 Å². The molecule has 6 heteroatoms.